The van der Waals surface area contributed by atoms with E-state index in [4.69, 9.17) is 21.1 Å². The molecule has 0 aromatic heterocycles. The molecule has 0 amide bonds. The van der Waals surface area contributed by atoms with E-state index in [1.165, 1.54) is 24.3 Å². The quantitative estimate of drug-likeness (QED) is 0.634. The first-order chi connectivity index (χ1) is 9.47. The van der Waals surface area contributed by atoms with Crippen molar-refractivity contribution in [2.75, 3.05) is 19.8 Å². The summed E-state index contributed by atoms with van der Waals surface area (Å²) in [7, 11) is 0. The zero-order valence-corrected chi connectivity index (χ0v) is 10.9. The zero-order valence-electron chi connectivity index (χ0n) is 10.2. The van der Waals surface area contributed by atoms with Crippen molar-refractivity contribution in [2.45, 2.75) is 12.5 Å². The van der Waals surface area contributed by atoms with Gasteiger partial charge in [-0.3, -0.25) is 0 Å². The highest BCUT2D eigenvalue weighted by Crippen LogP contribution is 2.24. The van der Waals surface area contributed by atoms with E-state index in [-0.39, 0.29) is 12.2 Å². The van der Waals surface area contributed by atoms with Gasteiger partial charge in [-0.25, -0.2) is 0 Å². The van der Waals surface area contributed by atoms with Gasteiger partial charge in [0.15, 0.2) is 18.6 Å². The van der Waals surface area contributed by atoms with Crippen LogP contribution in [-0.4, -0.2) is 38.0 Å². The van der Waals surface area contributed by atoms with Crippen molar-refractivity contribution >= 4 is 17.3 Å². The van der Waals surface area contributed by atoms with Crippen LogP contribution >= 0.6 is 11.6 Å². The molecule has 0 atom stereocenters. The normalized spacial score (nSPS) is 17.5. The molecule has 1 saturated heterocycles. The van der Waals surface area contributed by atoms with Crippen molar-refractivity contribution in [3.05, 3.63) is 34.9 Å². The van der Waals surface area contributed by atoms with Crippen LogP contribution in [0.2, 0.25) is 5.02 Å². The summed E-state index contributed by atoms with van der Waals surface area (Å²) in [6.45, 7) is 0.579. The number of benzene rings is 1. The molecule has 0 spiro atoms. The van der Waals surface area contributed by atoms with E-state index >= 15 is 0 Å². The van der Waals surface area contributed by atoms with Gasteiger partial charge in [0.1, 0.15) is 0 Å². The maximum atomic E-state index is 12.9. The van der Waals surface area contributed by atoms with Gasteiger partial charge in [-0.15, -0.1) is 0 Å². The molecule has 2 rings (SSSR count). The molecule has 0 N–H and O–H groups in total. The van der Waals surface area contributed by atoms with Crippen LogP contribution in [0, 0.1) is 0 Å². The molecule has 1 aliphatic rings. The number of ether oxygens (including phenoxy) is 2. The lowest BCUT2D eigenvalue weighted by Gasteiger charge is -2.12. The lowest BCUT2D eigenvalue weighted by Crippen LogP contribution is -2.25. The molecule has 0 radical (unpaired) electrons. The largest absolute Gasteiger partial charge is 0.437 e. The Morgan fingerprint density at radius 3 is 2.40 bits per heavy atom. The van der Waals surface area contributed by atoms with E-state index in [9.17, 15) is 13.2 Å². The highest BCUT2D eigenvalue weighted by atomic mass is 35.5. The molecule has 0 bridgehead atoms. The summed E-state index contributed by atoms with van der Waals surface area (Å²) in [5.41, 5.74) is -1.26. The maximum absolute atomic E-state index is 12.9. The lowest BCUT2D eigenvalue weighted by atomic mass is 10.1. The van der Waals surface area contributed by atoms with Crippen molar-refractivity contribution in [1.29, 1.82) is 0 Å². The summed E-state index contributed by atoms with van der Waals surface area (Å²) in [4.78, 5) is 4.68. The average molecular weight is 310 g/mol. The van der Waals surface area contributed by atoms with E-state index < -0.39 is 18.2 Å². The molecule has 1 heterocycles. The van der Waals surface area contributed by atoms with Gasteiger partial charge in [-0.05, 0) is 12.1 Å². The Labute approximate surface area is 118 Å². The van der Waals surface area contributed by atoms with Crippen LogP contribution in [0.15, 0.2) is 29.4 Å². The first kappa shape index (κ1) is 15.1. The molecule has 110 valence electrons. The van der Waals surface area contributed by atoms with Crippen LogP contribution < -0.4 is 0 Å². The minimum Gasteiger partial charge on any atom is -0.390 e. The Hall–Kier alpha value is -1.31. The Bertz CT molecular complexity index is 470. The first-order valence-electron chi connectivity index (χ1n) is 5.73. The van der Waals surface area contributed by atoms with Crippen LogP contribution in [-0.2, 0) is 14.3 Å². The number of alkyl halides is 3. The van der Waals surface area contributed by atoms with Crippen LogP contribution in [0.25, 0.3) is 0 Å². The fraction of sp³-hybridized carbons (Fsp3) is 0.417. The van der Waals surface area contributed by atoms with Crippen molar-refractivity contribution in [1.82, 2.24) is 0 Å². The van der Waals surface area contributed by atoms with Crippen molar-refractivity contribution in [3.8, 4) is 0 Å². The summed E-state index contributed by atoms with van der Waals surface area (Å²) in [6, 6.07) is 5.14. The smallest absolute Gasteiger partial charge is 0.390 e. The lowest BCUT2D eigenvalue weighted by molar-refractivity contribution is -0.0979. The van der Waals surface area contributed by atoms with Gasteiger partial charge in [-0.1, -0.05) is 28.9 Å². The van der Waals surface area contributed by atoms with Gasteiger partial charge in [0.2, 0.25) is 0 Å². The number of halogens is 4. The number of hydrogen-bond donors (Lipinski definition) is 0. The molecule has 0 aliphatic carbocycles. The highest BCUT2D eigenvalue weighted by Gasteiger charge is 2.38. The second-order valence-corrected chi connectivity index (χ2v) is 4.35. The van der Waals surface area contributed by atoms with Crippen molar-refractivity contribution < 1.29 is 27.5 Å². The summed E-state index contributed by atoms with van der Waals surface area (Å²) in [6.07, 6.45) is -5.32. The summed E-state index contributed by atoms with van der Waals surface area (Å²) < 4.78 is 48.8. The van der Waals surface area contributed by atoms with Gasteiger partial charge in [-0.2, -0.15) is 13.2 Å². The molecule has 20 heavy (non-hydrogen) atoms. The van der Waals surface area contributed by atoms with Gasteiger partial charge >= 0.3 is 6.18 Å². The number of nitrogens with zero attached hydrogens (tertiary/aromatic N) is 1. The highest BCUT2D eigenvalue weighted by molar-refractivity contribution is 6.30. The predicted octanol–water partition coefficient (Wildman–Crippen LogP) is 3.00. The predicted molar refractivity (Wildman–Crippen MR) is 65.7 cm³/mol. The van der Waals surface area contributed by atoms with Crippen LogP contribution in [0.4, 0.5) is 13.2 Å². The minimum absolute atomic E-state index is 0.129. The SMILES string of the molecule is FC(F)(F)/C(=N/OCC1OCCO1)c1ccc(Cl)cc1. The molecule has 1 aromatic carbocycles. The zero-order chi connectivity index (χ0) is 14.6. The molecule has 1 fully saturated rings. The molecular weight excluding hydrogens is 299 g/mol. The Morgan fingerprint density at radius 2 is 1.85 bits per heavy atom. The Kier molecular flexibility index (Phi) is 4.85. The van der Waals surface area contributed by atoms with E-state index in [1.807, 2.05) is 0 Å². The maximum Gasteiger partial charge on any atom is 0.437 e. The van der Waals surface area contributed by atoms with Gasteiger partial charge in [0.25, 0.3) is 0 Å². The molecule has 0 saturated carbocycles. The van der Waals surface area contributed by atoms with Crippen molar-refractivity contribution in [2.24, 2.45) is 5.16 Å². The monoisotopic (exact) mass is 309 g/mol. The average Bonchev–Trinajstić information content (AvgIpc) is 2.88. The number of hydrogen-bond acceptors (Lipinski definition) is 4. The second kappa shape index (κ2) is 6.43. The first-order valence-corrected chi connectivity index (χ1v) is 6.11. The fourth-order valence-electron chi connectivity index (χ4n) is 1.54. The van der Waals surface area contributed by atoms with E-state index in [1.54, 1.807) is 0 Å². The Morgan fingerprint density at radius 1 is 1.25 bits per heavy atom. The molecule has 0 unspecified atom stereocenters. The molecule has 4 nitrogen and oxygen atoms in total. The summed E-state index contributed by atoms with van der Waals surface area (Å²) in [5, 5.41) is 3.48. The van der Waals surface area contributed by atoms with E-state index in [2.05, 4.69) is 9.99 Å². The third kappa shape index (κ3) is 4.09. The van der Waals surface area contributed by atoms with Gasteiger partial charge in [0, 0.05) is 10.6 Å². The number of oxime groups is 1. The molecule has 8 heteroatoms. The summed E-state index contributed by atoms with van der Waals surface area (Å²) >= 11 is 5.64. The third-order valence-electron chi connectivity index (χ3n) is 2.44. The molecule has 1 aliphatic heterocycles. The molecular formula is C12H11ClF3NO3. The van der Waals surface area contributed by atoms with Crippen molar-refractivity contribution in [3.63, 3.8) is 0 Å². The Balaban J connectivity index is 2.08. The van der Waals surface area contributed by atoms with Crippen LogP contribution in [0.5, 0.6) is 0 Å². The van der Waals surface area contributed by atoms with Crippen LogP contribution in [0.3, 0.4) is 0 Å². The fourth-order valence-corrected chi connectivity index (χ4v) is 1.67. The van der Waals surface area contributed by atoms with E-state index in [0.717, 1.165) is 0 Å². The van der Waals surface area contributed by atoms with Gasteiger partial charge in [0.05, 0.1) is 13.2 Å². The van der Waals surface area contributed by atoms with E-state index in [0.29, 0.717) is 18.2 Å². The molecule has 1 aromatic rings. The topological polar surface area (TPSA) is 40.0 Å². The number of rotatable bonds is 4. The minimum atomic E-state index is -4.63. The second-order valence-electron chi connectivity index (χ2n) is 3.91. The standard InChI is InChI=1S/C12H11ClF3NO3/c13-9-3-1-8(2-4-9)11(12(14,15)16)17-20-7-10-18-5-6-19-10/h1-4,10H,5-7H2/b17-11+. The van der Waals surface area contributed by atoms with Gasteiger partial charge < -0.3 is 14.3 Å². The van der Waals surface area contributed by atoms with Crippen LogP contribution in [0.1, 0.15) is 5.56 Å². The summed E-state index contributed by atoms with van der Waals surface area (Å²) in [5.74, 6) is 0. The third-order valence-corrected chi connectivity index (χ3v) is 2.70.